The molecule has 3 heteroatoms. The van der Waals surface area contributed by atoms with Gasteiger partial charge in [0.25, 0.3) is 0 Å². The monoisotopic (exact) mass is 265 g/mol. The van der Waals surface area contributed by atoms with Crippen molar-refractivity contribution < 1.29 is 0 Å². The van der Waals surface area contributed by atoms with Gasteiger partial charge in [0.05, 0.1) is 5.52 Å². The topological polar surface area (TPSA) is 51.8 Å². The summed E-state index contributed by atoms with van der Waals surface area (Å²) >= 11 is 0. The lowest BCUT2D eigenvalue weighted by atomic mass is 10.2. The Labute approximate surface area is 119 Å². The number of fused-ring (bicyclic) bond motifs is 1. The maximum atomic E-state index is 5.94. The predicted octanol–water partition coefficient (Wildman–Crippen LogP) is 4.30. The van der Waals surface area contributed by atoms with Crippen LogP contribution in [-0.4, -0.2) is 9.97 Å². The van der Waals surface area contributed by atoms with Crippen LogP contribution in [0, 0.1) is 0 Å². The molecule has 0 radical (unpaired) electrons. The van der Waals surface area contributed by atoms with Crippen LogP contribution in [0.2, 0.25) is 0 Å². The van der Waals surface area contributed by atoms with Gasteiger partial charge in [0.15, 0.2) is 5.82 Å². The SMILES string of the molecule is CCC.Nc1nc(-c2ccccc2)nc2ccccc12. The van der Waals surface area contributed by atoms with Gasteiger partial charge in [-0.25, -0.2) is 9.97 Å². The molecule has 1 aromatic heterocycles. The molecule has 2 N–H and O–H groups in total. The van der Waals surface area contributed by atoms with Gasteiger partial charge in [0.2, 0.25) is 0 Å². The number of para-hydroxylation sites is 1. The van der Waals surface area contributed by atoms with Crippen molar-refractivity contribution in [1.29, 1.82) is 0 Å². The molecule has 20 heavy (non-hydrogen) atoms. The van der Waals surface area contributed by atoms with E-state index in [-0.39, 0.29) is 0 Å². The molecule has 1 heterocycles. The highest BCUT2D eigenvalue weighted by Crippen LogP contribution is 2.22. The maximum absolute atomic E-state index is 5.94. The zero-order valence-electron chi connectivity index (χ0n) is 11.9. The van der Waals surface area contributed by atoms with Crippen molar-refractivity contribution in [3.8, 4) is 11.4 Å². The number of hydrogen-bond donors (Lipinski definition) is 1. The number of aromatic nitrogens is 2. The maximum Gasteiger partial charge on any atom is 0.162 e. The van der Waals surface area contributed by atoms with Gasteiger partial charge in [-0.1, -0.05) is 62.7 Å². The normalized spacial score (nSPS) is 9.90. The number of nitrogens with zero attached hydrogens (tertiary/aromatic N) is 2. The molecule has 102 valence electrons. The van der Waals surface area contributed by atoms with Crippen LogP contribution < -0.4 is 5.73 Å². The lowest BCUT2D eigenvalue weighted by molar-refractivity contribution is 1.09. The van der Waals surface area contributed by atoms with E-state index >= 15 is 0 Å². The zero-order chi connectivity index (χ0) is 14.4. The smallest absolute Gasteiger partial charge is 0.162 e. The first kappa shape index (κ1) is 14.0. The third-order valence-electron chi connectivity index (χ3n) is 2.66. The van der Waals surface area contributed by atoms with E-state index in [1.807, 2.05) is 54.6 Å². The van der Waals surface area contributed by atoms with Crippen LogP contribution in [0.25, 0.3) is 22.3 Å². The van der Waals surface area contributed by atoms with Gasteiger partial charge in [-0.15, -0.1) is 0 Å². The molecule has 2 aromatic carbocycles. The van der Waals surface area contributed by atoms with Crippen molar-refractivity contribution in [2.24, 2.45) is 0 Å². The molecule has 0 amide bonds. The number of hydrogen-bond acceptors (Lipinski definition) is 3. The van der Waals surface area contributed by atoms with Crippen molar-refractivity contribution in [3.05, 3.63) is 54.6 Å². The fraction of sp³-hybridized carbons (Fsp3) is 0.176. The second-order valence-corrected chi connectivity index (χ2v) is 4.52. The van der Waals surface area contributed by atoms with Crippen LogP contribution in [-0.2, 0) is 0 Å². The summed E-state index contributed by atoms with van der Waals surface area (Å²) in [5.41, 5.74) is 7.79. The van der Waals surface area contributed by atoms with Gasteiger partial charge in [-0.3, -0.25) is 0 Å². The predicted molar refractivity (Wildman–Crippen MR) is 85.4 cm³/mol. The molecule has 0 aliphatic heterocycles. The highest BCUT2D eigenvalue weighted by Gasteiger charge is 2.05. The van der Waals surface area contributed by atoms with Crippen LogP contribution in [0.1, 0.15) is 20.3 Å². The van der Waals surface area contributed by atoms with Gasteiger partial charge in [-0.2, -0.15) is 0 Å². The minimum absolute atomic E-state index is 0.523. The van der Waals surface area contributed by atoms with Gasteiger partial charge >= 0.3 is 0 Å². The molecule has 0 saturated carbocycles. The number of nitrogen functional groups attached to an aromatic ring is 1. The fourth-order valence-electron chi connectivity index (χ4n) is 1.82. The second-order valence-electron chi connectivity index (χ2n) is 4.52. The number of nitrogens with two attached hydrogens (primary N) is 1. The molecule has 0 aliphatic rings. The van der Waals surface area contributed by atoms with Crippen LogP contribution in [0.5, 0.6) is 0 Å². The van der Waals surface area contributed by atoms with Crippen molar-refractivity contribution in [1.82, 2.24) is 9.97 Å². The van der Waals surface area contributed by atoms with E-state index < -0.39 is 0 Å². The largest absolute Gasteiger partial charge is 0.383 e. The van der Waals surface area contributed by atoms with Crippen LogP contribution in [0.15, 0.2) is 54.6 Å². The molecule has 0 unspecified atom stereocenters. The Morgan fingerprint density at radius 1 is 0.850 bits per heavy atom. The number of rotatable bonds is 1. The molecule has 0 bridgehead atoms. The molecule has 3 rings (SSSR count). The molecular formula is C17H19N3. The van der Waals surface area contributed by atoms with E-state index in [0.29, 0.717) is 11.6 Å². The van der Waals surface area contributed by atoms with Crippen molar-refractivity contribution >= 4 is 16.7 Å². The zero-order valence-corrected chi connectivity index (χ0v) is 11.9. The summed E-state index contributed by atoms with van der Waals surface area (Å²) in [6, 6.07) is 17.6. The summed E-state index contributed by atoms with van der Waals surface area (Å²) < 4.78 is 0. The average molecular weight is 265 g/mol. The van der Waals surface area contributed by atoms with Crippen molar-refractivity contribution in [2.75, 3.05) is 5.73 Å². The van der Waals surface area contributed by atoms with Crippen LogP contribution in [0.4, 0.5) is 5.82 Å². The minimum atomic E-state index is 0.523. The standard InChI is InChI=1S/C14H11N3.C3H8/c15-13-11-8-4-5-9-12(11)16-14(17-13)10-6-2-1-3-7-10;1-3-2/h1-9H,(H2,15,16,17);3H2,1-2H3. The fourth-order valence-corrected chi connectivity index (χ4v) is 1.82. The van der Waals surface area contributed by atoms with Gasteiger partial charge < -0.3 is 5.73 Å². The molecule has 3 nitrogen and oxygen atoms in total. The second kappa shape index (κ2) is 6.66. The molecule has 3 aromatic rings. The van der Waals surface area contributed by atoms with Crippen molar-refractivity contribution in [3.63, 3.8) is 0 Å². The molecular weight excluding hydrogens is 246 g/mol. The lowest BCUT2D eigenvalue weighted by Crippen LogP contribution is -1.97. The quantitative estimate of drug-likeness (QED) is 0.714. The third kappa shape index (κ3) is 3.12. The Hall–Kier alpha value is -2.42. The highest BCUT2D eigenvalue weighted by atomic mass is 14.9. The Balaban J connectivity index is 0.000000452. The summed E-state index contributed by atoms with van der Waals surface area (Å²) in [4.78, 5) is 8.85. The molecule has 0 spiro atoms. The molecule has 0 fully saturated rings. The van der Waals surface area contributed by atoms with E-state index in [1.165, 1.54) is 6.42 Å². The Morgan fingerprint density at radius 2 is 1.45 bits per heavy atom. The summed E-state index contributed by atoms with van der Waals surface area (Å²) in [7, 11) is 0. The third-order valence-corrected chi connectivity index (χ3v) is 2.66. The van der Waals surface area contributed by atoms with Crippen LogP contribution in [0.3, 0.4) is 0 Å². The molecule has 0 saturated heterocycles. The van der Waals surface area contributed by atoms with Gasteiger partial charge in [0.1, 0.15) is 5.82 Å². The van der Waals surface area contributed by atoms with E-state index in [0.717, 1.165) is 16.5 Å². The van der Waals surface area contributed by atoms with Gasteiger partial charge in [-0.05, 0) is 12.1 Å². The van der Waals surface area contributed by atoms with E-state index in [1.54, 1.807) is 0 Å². The first-order valence-electron chi connectivity index (χ1n) is 6.84. The van der Waals surface area contributed by atoms with E-state index in [4.69, 9.17) is 5.73 Å². The summed E-state index contributed by atoms with van der Waals surface area (Å²) in [5, 5.41) is 0.896. The van der Waals surface area contributed by atoms with Crippen LogP contribution >= 0.6 is 0 Å². The van der Waals surface area contributed by atoms with E-state index in [2.05, 4.69) is 23.8 Å². The average Bonchev–Trinajstić information content (AvgIpc) is 2.49. The molecule has 0 aliphatic carbocycles. The Bertz CT molecular complexity index is 678. The summed E-state index contributed by atoms with van der Waals surface area (Å²) in [6.45, 7) is 4.25. The summed E-state index contributed by atoms with van der Waals surface area (Å²) in [6.07, 6.45) is 1.25. The first-order chi connectivity index (χ1) is 9.76. The lowest BCUT2D eigenvalue weighted by Gasteiger charge is -2.04. The van der Waals surface area contributed by atoms with Crippen molar-refractivity contribution in [2.45, 2.75) is 20.3 Å². The molecule has 0 atom stereocenters. The number of benzene rings is 2. The Kier molecular flexibility index (Phi) is 4.66. The van der Waals surface area contributed by atoms with E-state index in [9.17, 15) is 0 Å². The number of anilines is 1. The van der Waals surface area contributed by atoms with Gasteiger partial charge in [0, 0.05) is 10.9 Å². The first-order valence-corrected chi connectivity index (χ1v) is 6.84. The minimum Gasteiger partial charge on any atom is -0.383 e. The highest BCUT2D eigenvalue weighted by molar-refractivity contribution is 5.89. The Morgan fingerprint density at radius 3 is 2.15 bits per heavy atom. The summed E-state index contributed by atoms with van der Waals surface area (Å²) in [5.74, 6) is 1.19.